The van der Waals surface area contributed by atoms with Crippen LogP contribution < -0.4 is 10.6 Å². The first-order valence-electron chi connectivity index (χ1n) is 14.0. The molecule has 0 saturated heterocycles. The SMILES string of the molecule is CC(=O)N1Cc2cc(C3CCC(C)(N)CC3)cc(N3CCCc4cc(-c5cnn(C)c5)c(C(F)F)cc43)c2C1. The number of alkyl halides is 2. The lowest BCUT2D eigenvalue weighted by Crippen LogP contribution is -2.39. The summed E-state index contributed by atoms with van der Waals surface area (Å²) >= 11 is 0. The molecule has 2 N–H and O–H groups in total. The Morgan fingerprint density at radius 3 is 2.54 bits per heavy atom. The molecule has 0 bridgehead atoms. The van der Waals surface area contributed by atoms with Crippen molar-refractivity contribution in [1.29, 1.82) is 0 Å². The Labute approximate surface area is 228 Å². The number of carbonyl (C=O) groups is 1. The summed E-state index contributed by atoms with van der Waals surface area (Å²) in [6.45, 7) is 5.64. The molecule has 3 aromatic rings. The lowest BCUT2D eigenvalue weighted by atomic mass is 9.75. The van der Waals surface area contributed by atoms with Crippen molar-refractivity contribution in [2.45, 2.75) is 83.3 Å². The molecule has 1 saturated carbocycles. The second-order valence-electron chi connectivity index (χ2n) is 12.0. The standard InChI is InChI=1S/C31H37F2N5O/c1-19(39)37-17-23-11-22(20-6-8-31(2,34)9-7-20)13-29(27(23)18-37)38-10-4-5-21-12-25(24-15-35-36(3)16-24)26(30(32)33)14-28(21)38/h11-16,20,30H,4-10,17-18,34H2,1-3H3. The molecule has 6 rings (SSSR count). The number of aryl methyl sites for hydroxylation is 2. The van der Waals surface area contributed by atoms with Crippen LogP contribution in [0.5, 0.6) is 0 Å². The van der Waals surface area contributed by atoms with Gasteiger partial charge in [-0.2, -0.15) is 5.10 Å². The average molecular weight is 534 g/mol. The fourth-order valence-electron chi connectivity index (χ4n) is 6.72. The minimum Gasteiger partial charge on any atom is -0.341 e. The Balaban J connectivity index is 1.46. The van der Waals surface area contributed by atoms with E-state index in [9.17, 15) is 13.6 Å². The molecule has 1 aliphatic carbocycles. The molecule has 0 atom stereocenters. The molecule has 2 aromatic carbocycles. The van der Waals surface area contributed by atoms with Crippen LogP contribution in [0.1, 0.15) is 86.1 Å². The molecule has 206 valence electrons. The third-order valence-corrected chi connectivity index (χ3v) is 9.01. The number of halogens is 2. The molecular formula is C31H37F2N5O. The van der Waals surface area contributed by atoms with Gasteiger partial charge in [-0.25, -0.2) is 8.78 Å². The van der Waals surface area contributed by atoms with Gasteiger partial charge in [0.25, 0.3) is 6.43 Å². The largest absolute Gasteiger partial charge is 0.341 e. The summed E-state index contributed by atoms with van der Waals surface area (Å²) in [6.07, 6.45) is 6.61. The molecule has 6 nitrogen and oxygen atoms in total. The number of aromatic nitrogens is 2. The summed E-state index contributed by atoms with van der Waals surface area (Å²) in [4.78, 5) is 16.5. The van der Waals surface area contributed by atoms with Crippen LogP contribution in [0.3, 0.4) is 0 Å². The van der Waals surface area contributed by atoms with Crippen LogP contribution >= 0.6 is 0 Å². The first-order valence-corrected chi connectivity index (χ1v) is 14.0. The van der Waals surface area contributed by atoms with E-state index in [1.165, 1.54) is 11.1 Å². The van der Waals surface area contributed by atoms with Gasteiger partial charge in [0.15, 0.2) is 0 Å². The van der Waals surface area contributed by atoms with Gasteiger partial charge < -0.3 is 15.5 Å². The molecule has 2 aliphatic heterocycles. The van der Waals surface area contributed by atoms with E-state index in [1.54, 1.807) is 37.1 Å². The monoisotopic (exact) mass is 533 g/mol. The van der Waals surface area contributed by atoms with Gasteiger partial charge in [0.1, 0.15) is 0 Å². The summed E-state index contributed by atoms with van der Waals surface area (Å²) in [6, 6.07) is 8.19. The number of anilines is 2. The summed E-state index contributed by atoms with van der Waals surface area (Å²) < 4.78 is 30.5. The number of nitrogens with zero attached hydrogens (tertiary/aromatic N) is 4. The zero-order chi connectivity index (χ0) is 27.5. The van der Waals surface area contributed by atoms with Crippen molar-refractivity contribution in [1.82, 2.24) is 14.7 Å². The number of rotatable bonds is 4. The molecule has 0 unspecified atom stereocenters. The van der Waals surface area contributed by atoms with E-state index in [0.717, 1.165) is 67.6 Å². The van der Waals surface area contributed by atoms with Gasteiger partial charge >= 0.3 is 0 Å². The maximum Gasteiger partial charge on any atom is 0.264 e. The van der Waals surface area contributed by atoms with Gasteiger partial charge in [-0.3, -0.25) is 9.48 Å². The van der Waals surface area contributed by atoms with Crippen LogP contribution in [0.25, 0.3) is 11.1 Å². The van der Waals surface area contributed by atoms with E-state index < -0.39 is 6.43 Å². The first-order chi connectivity index (χ1) is 18.6. The predicted octanol–water partition coefficient (Wildman–Crippen LogP) is 6.35. The summed E-state index contributed by atoms with van der Waals surface area (Å²) in [5, 5.41) is 4.21. The maximum atomic E-state index is 14.4. The number of hydrogen-bond acceptors (Lipinski definition) is 4. The van der Waals surface area contributed by atoms with Crippen molar-refractivity contribution >= 4 is 17.3 Å². The molecule has 8 heteroatoms. The number of fused-ring (bicyclic) bond motifs is 2. The van der Waals surface area contributed by atoms with Crippen LogP contribution in [-0.2, 0) is 31.4 Å². The zero-order valence-corrected chi connectivity index (χ0v) is 23.0. The summed E-state index contributed by atoms with van der Waals surface area (Å²) in [7, 11) is 1.80. The number of hydrogen-bond donors (Lipinski definition) is 1. The number of carbonyl (C=O) groups excluding carboxylic acids is 1. The highest BCUT2D eigenvalue weighted by molar-refractivity contribution is 5.80. The second-order valence-corrected chi connectivity index (χ2v) is 12.0. The van der Waals surface area contributed by atoms with Gasteiger partial charge in [-0.05, 0) is 91.8 Å². The molecular weight excluding hydrogens is 496 g/mol. The van der Waals surface area contributed by atoms with Crippen LogP contribution in [-0.4, -0.2) is 32.7 Å². The van der Waals surface area contributed by atoms with Crippen LogP contribution in [0.2, 0.25) is 0 Å². The summed E-state index contributed by atoms with van der Waals surface area (Å²) in [5.74, 6) is 0.460. The molecule has 3 aliphatic rings. The van der Waals surface area contributed by atoms with Crippen LogP contribution in [0.4, 0.5) is 20.2 Å². The van der Waals surface area contributed by atoms with E-state index in [0.29, 0.717) is 30.1 Å². The number of amides is 1. The van der Waals surface area contributed by atoms with Crippen molar-refractivity contribution < 1.29 is 13.6 Å². The quantitative estimate of drug-likeness (QED) is 0.425. The highest BCUT2D eigenvalue weighted by atomic mass is 19.3. The van der Waals surface area contributed by atoms with Gasteiger partial charge in [0.2, 0.25) is 5.91 Å². The molecule has 1 aromatic heterocycles. The molecule has 0 radical (unpaired) electrons. The topological polar surface area (TPSA) is 67.4 Å². The fourth-order valence-corrected chi connectivity index (χ4v) is 6.72. The molecule has 3 heterocycles. The number of benzene rings is 2. The first kappa shape index (κ1) is 26.0. The second kappa shape index (κ2) is 9.73. The Kier molecular flexibility index (Phi) is 6.49. The van der Waals surface area contributed by atoms with Crippen molar-refractivity contribution in [3.05, 3.63) is 64.5 Å². The van der Waals surface area contributed by atoms with Gasteiger partial charge in [-0.15, -0.1) is 0 Å². The van der Waals surface area contributed by atoms with Crippen LogP contribution in [0, 0.1) is 0 Å². The minimum atomic E-state index is -2.60. The average Bonchev–Trinajstić information content (AvgIpc) is 3.53. The highest BCUT2D eigenvalue weighted by Crippen LogP contribution is 2.46. The van der Waals surface area contributed by atoms with Crippen molar-refractivity contribution in [2.75, 3.05) is 11.4 Å². The fraction of sp³-hybridized carbons (Fsp3) is 0.484. The zero-order valence-electron chi connectivity index (χ0n) is 23.0. The molecule has 39 heavy (non-hydrogen) atoms. The molecule has 1 fully saturated rings. The van der Waals surface area contributed by atoms with Gasteiger partial charge in [-0.1, -0.05) is 6.07 Å². The molecule has 1 amide bonds. The van der Waals surface area contributed by atoms with E-state index in [4.69, 9.17) is 5.73 Å². The van der Waals surface area contributed by atoms with Gasteiger partial charge in [0, 0.05) is 73.4 Å². The predicted molar refractivity (Wildman–Crippen MR) is 149 cm³/mol. The van der Waals surface area contributed by atoms with E-state index in [1.807, 2.05) is 11.0 Å². The van der Waals surface area contributed by atoms with E-state index >= 15 is 0 Å². The van der Waals surface area contributed by atoms with E-state index in [-0.39, 0.29) is 17.0 Å². The highest BCUT2D eigenvalue weighted by Gasteiger charge is 2.33. The maximum absolute atomic E-state index is 14.4. The van der Waals surface area contributed by atoms with Crippen molar-refractivity contribution in [2.24, 2.45) is 12.8 Å². The Hall–Kier alpha value is -3.26. The lowest BCUT2D eigenvalue weighted by Gasteiger charge is -2.36. The summed E-state index contributed by atoms with van der Waals surface area (Å²) in [5.41, 5.74) is 14.2. The Morgan fingerprint density at radius 1 is 1.10 bits per heavy atom. The molecule has 0 spiro atoms. The van der Waals surface area contributed by atoms with Crippen molar-refractivity contribution in [3.8, 4) is 11.1 Å². The third kappa shape index (κ3) is 4.84. The number of nitrogens with two attached hydrogens (primary N) is 1. The Morgan fingerprint density at radius 2 is 1.87 bits per heavy atom. The van der Waals surface area contributed by atoms with Crippen LogP contribution in [0.15, 0.2) is 36.7 Å². The van der Waals surface area contributed by atoms with Gasteiger partial charge in [0.05, 0.1) is 6.20 Å². The Bertz CT molecular complexity index is 1420. The normalized spacial score (nSPS) is 22.8. The van der Waals surface area contributed by atoms with E-state index in [2.05, 4.69) is 29.1 Å². The smallest absolute Gasteiger partial charge is 0.264 e. The van der Waals surface area contributed by atoms with Crippen molar-refractivity contribution in [3.63, 3.8) is 0 Å². The lowest BCUT2D eigenvalue weighted by molar-refractivity contribution is -0.129. The third-order valence-electron chi connectivity index (χ3n) is 9.01. The minimum absolute atomic E-state index is 0.0290.